The van der Waals surface area contributed by atoms with E-state index in [4.69, 9.17) is 0 Å². The number of aromatic nitrogens is 1. The Labute approximate surface area is 120 Å². The van der Waals surface area contributed by atoms with Crippen molar-refractivity contribution in [2.24, 2.45) is 0 Å². The Bertz CT molecular complexity index is 662. The number of rotatable bonds is 1. The maximum Gasteiger partial charge on any atom is 0.0262 e. The summed E-state index contributed by atoms with van der Waals surface area (Å²) in [5.41, 5.74) is 3.13. The van der Waals surface area contributed by atoms with Gasteiger partial charge in [0.2, 0.25) is 0 Å². The molecule has 0 aliphatic carbocycles. The van der Waals surface area contributed by atoms with Crippen molar-refractivity contribution in [3.8, 4) is 11.3 Å². The molecule has 3 rings (SSSR count). The molecule has 0 unspecified atom stereocenters. The molecule has 18 heavy (non-hydrogen) atoms. The Kier molecular flexibility index (Phi) is 3.80. The Morgan fingerprint density at radius 3 is 2.39 bits per heavy atom. The van der Waals surface area contributed by atoms with E-state index in [0.717, 1.165) is 16.8 Å². The molecule has 2 heteroatoms. The van der Waals surface area contributed by atoms with E-state index in [1.165, 1.54) is 10.8 Å². The number of pyridine rings is 1. The molecule has 1 nitrogen and oxygen atoms in total. The van der Waals surface area contributed by atoms with E-state index in [1.54, 1.807) is 0 Å². The second kappa shape index (κ2) is 5.34. The van der Waals surface area contributed by atoms with E-state index in [9.17, 15) is 0 Å². The molecule has 1 aromatic heterocycles. The molecule has 0 atom stereocenters. The molecule has 0 saturated heterocycles. The Morgan fingerprint density at radius 2 is 1.61 bits per heavy atom. The van der Waals surface area contributed by atoms with Crippen LogP contribution in [-0.2, 0) is 20.1 Å². The third-order valence-electron chi connectivity index (χ3n) is 2.94. The predicted molar refractivity (Wildman–Crippen MR) is 71.6 cm³/mol. The van der Waals surface area contributed by atoms with Crippen LogP contribution in [0, 0.1) is 6.92 Å². The van der Waals surface area contributed by atoms with Crippen LogP contribution >= 0.6 is 0 Å². The van der Waals surface area contributed by atoms with Gasteiger partial charge in [-0.2, -0.15) is 18.6 Å². The summed E-state index contributed by atoms with van der Waals surface area (Å²) in [5, 5.41) is 2.43. The minimum absolute atomic E-state index is 0. The van der Waals surface area contributed by atoms with Crippen LogP contribution in [0.1, 0.15) is 5.56 Å². The molecule has 0 amide bonds. The van der Waals surface area contributed by atoms with E-state index in [1.807, 2.05) is 42.6 Å². The maximum absolute atomic E-state index is 4.42. The van der Waals surface area contributed by atoms with E-state index in [0.29, 0.717) is 0 Å². The molecule has 1 radical (unpaired) electrons. The summed E-state index contributed by atoms with van der Waals surface area (Å²) in [6, 6.07) is 18.4. The molecule has 0 fully saturated rings. The first-order valence-electron chi connectivity index (χ1n) is 5.61. The molecule has 0 bridgehead atoms. The third-order valence-corrected chi connectivity index (χ3v) is 2.94. The fourth-order valence-corrected chi connectivity index (χ4v) is 2.13. The van der Waals surface area contributed by atoms with Gasteiger partial charge in [0, 0.05) is 32.0 Å². The summed E-state index contributed by atoms with van der Waals surface area (Å²) >= 11 is 0. The van der Waals surface area contributed by atoms with Gasteiger partial charge in [-0.05, 0) is 17.5 Å². The van der Waals surface area contributed by atoms with Crippen LogP contribution in [0.4, 0.5) is 0 Å². The summed E-state index contributed by atoms with van der Waals surface area (Å²) in [6.07, 6.45) is 1.82. The summed E-state index contributed by atoms with van der Waals surface area (Å²) in [6.45, 7) is 4.11. The van der Waals surface area contributed by atoms with Crippen molar-refractivity contribution in [2.75, 3.05) is 0 Å². The fourth-order valence-electron chi connectivity index (χ4n) is 2.13. The first-order chi connectivity index (χ1) is 8.36. The molecular weight excluding hydrogens is 398 g/mol. The number of fused-ring (bicyclic) bond motifs is 1. The molecule has 2 aromatic carbocycles. The normalized spacial score (nSPS) is 10.0. The van der Waals surface area contributed by atoms with Gasteiger partial charge in [-0.1, -0.05) is 41.3 Å². The van der Waals surface area contributed by atoms with Crippen molar-refractivity contribution in [1.82, 2.24) is 4.98 Å². The number of nitrogens with zero attached hydrogens (tertiary/aromatic N) is 1. The van der Waals surface area contributed by atoms with Crippen molar-refractivity contribution in [3.63, 3.8) is 0 Å². The van der Waals surface area contributed by atoms with Gasteiger partial charge in [-0.15, -0.1) is 6.07 Å². The van der Waals surface area contributed by atoms with E-state index >= 15 is 0 Å². The van der Waals surface area contributed by atoms with Crippen LogP contribution in [0.3, 0.4) is 0 Å². The van der Waals surface area contributed by atoms with Gasteiger partial charge >= 0.3 is 0 Å². The third kappa shape index (κ3) is 2.17. The van der Waals surface area contributed by atoms with Crippen LogP contribution in [0.5, 0.6) is 0 Å². The average molecular weight is 410 g/mol. The largest absolute Gasteiger partial charge is 0.270 e. The van der Waals surface area contributed by atoms with Crippen LogP contribution in [-0.4, -0.2) is 4.98 Å². The Balaban J connectivity index is 0.00000120. The van der Waals surface area contributed by atoms with E-state index in [-0.39, 0.29) is 20.1 Å². The molecule has 0 aliphatic heterocycles. The van der Waals surface area contributed by atoms with Crippen LogP contribution in [0.25, 0.3) is 22.0 Å². The molecule has 0 aliphatic rings. The number of benzene rings is 2. The van der Waals surface area contributed by atoms with Crippen LogP contribution in [0.2, 0.25) is 0 Å². The minimum atomic E-state index is 0. The van der Waals surface area contributed by atoms with Crippen molar-refractivity contribution in [3.05, 3.63) is 73.3 Å². The second-order valence-electron chi connectivity index (χ2n) is 4.04. The first-order valence-corrected chi connectivity index (χ1v) is 5.61. The van der Waals surface area contributed by atoms with Crippen molar-refractivity contribution in [2.45, 2.75) is 0 Å². The van der Waals surface area contributed by atoms with Gasteiger partial charge in [0.1, 0.15) is 0 Å². The van der Waals surface area contributed by atoms with Gasteiger partial charge in [-0.25, -0.2) is 0 Å². The standard InChI is InChI=1S/C16H12N.Ir/c1-12-9-10-13-6-2-3-7-14(13)16(12)15-8-4-5-11-17-15;/h2-11H,1H2;/q-1;. The minimum Gasteiger partial charge on any atom is -0.270 e. The molecular formula is C16H12IrN-. The topological polar surface area (TPSA) is 12.9 Å². The van der Waals surface area contributed by atoms with Crippen molar-refractivity contribution >= 4 is 10.8 Å². The second-order valence-corrected chi connectivity index (χ2v) is 4.04. The zero-order valence-electron chi connectivity index (χ0n) is 9.76. The summed E-state index contributed by atoms with van der Waals surface area (Å²) in [4.78, 5) is 4.42. The zero-order valence-corrected chi connectivity index (χ0v) is 12.2. The zero-order chi connectivity index (χ0) is 11.7. The number of hydrogen-bond donors (Lipinski definition) is 0. The van der Waals surface area contributed by atoms with Crippen molar-refractivity contribution < 1.29 is 20.1 Å². The first kappa shape index (κ1) is 12.8. The summed E-state index contributed by atoms with van der Waals surface area (Å²) < 4.78 is 0. The monoisotopic (exact) mass is 411 g/mol. The van der Waals surface area contributed by atoms with Gasteiger partial charge in [-0.3, -0.25) is 4.98 Å². The molecule has 0 saturated carbocycles. The van der Waals surface area contributed by atoms with Gasteiger partial charge in [0.05, 0.1) is 0 Å². The number of hydrogen-bond acceptors (Lipinski definition) is 1. The molecule has 1 heterocycles. The quantitative estimate of drug-likeness (QED) is 0.551. The van der Waals surface area contributed by atoms with Gasteiger partial charge < -0.3 is 0 Å². The van der Waals surface area contributed by atoms with E-state index < -0.39 is 0 Å². The van der Waals surface area contributed by atoms with Gasteiger partial charge in [0.25, 0.3) is 0 Å². The van der Waals surface area contributed by atoms with E-state index in [2.05, 4.69) is 30.1 Å². The molecule has 3 aromatic rings. The molecule has 91 valence electrons. The van der Waals surface area contributed by atoms with Crippen LogP contribution in [0.15, 0.2) is 60.8 Å². The summed E-state index contributed by atoms with van der Waals surface area (Å²) in [7, 11) is 0. The fraction of sp³-hybridized carbons (Fsp3) is 0. The summed E-state index contributed by atoms with van der Waals surface area (Å²) in [5.74, 6) is 0. The Hall–Kier alpha value is -1.63. The Morgan fingerprint density at radius 1 is 0.833 bits per heavy atom. The predicted octanol–water partition coefficient (Wildman–Crippen LogP) is 4.08. The smallest absolute Gasteiger partial charge is 0.0262 e. The molecule has 0 N–H and O–H groups in total. The van der Waals surface area contributed by atoms with Gasteiger partial charge in [0.15, 0.2) is 0 Å². The average Bonchev–Trinajstić information content (AvgIpc) is 2.39. The molecule has 0 spiro atoms. The SMILES string of the molecule is [CH2-]c1ccc2ccccc2c1-c1ccccn1.[Ir]. The maximum atomic E-state index is 4.42. The van der Waals surface area contributed by atoms with Crippen LogP contribution < -0.4 is 0 Å². The van der Waals surface area contributed by atoms with Crippen molar-refractivity contribution in [1.29, 1.82) is 0 Å².